The predicted octanol–water partition coefficient (Wildman–Crippen LogP) is 2.57. The molecule has 1 aliphatic rings. The summed E-state index contributed by atoms with van der Waals surface area (Å²) in [5.74, 6) is 0.733. The summed E-state index contributed by atoms with van der Waals surface area (Å²) in [4.78, 5) is 27.5. The number of aryl methyl sites for hydroxylation is 1. The maximum absolute atomic E-state index is 12.8. The first-order valence-electron chi connectivity index (χ1n) is 8.84. The molecule has 1 N–H and O–H groups in total. The number of amides is 1. The summed E-state index contributed by atoms with van der Waals surface area (Å²) in [7, 11) is 0. The van der Waals surface area contributed by atoms with Crippen LogP contribution < -0.4 is 10.2 Å². The summed E-state index contributed by atoms with van der Waals surface area (Å²) in [5.41, 5.74) is 2.22. The third kappa shape index (κ3) is 3.23. The highest BCUT2D eigenvalue weighted by Gasteiger charge is 2.37. The highest BCUT2D eigenvalue weighted by Crippen LogP contribution is 2.28. The van der Waals surface area contributed by atoms with Gasteiger partial charge in [0.1, 0.15) is 11.5 Å². The molecule has 1 amide bonds. The van der Waals surface area contributed by atoms with Gasteiger partial charge in [-0.3, -0.25) is 4.79 Å². The van der Waals surface area contributed by atoms with Crippen LogP contribution >= 0.6 is 11.6 Å². The molecule has 0 bridgehead atoms. The first-order chi connectivity index (χ1) is 12.8. The Balaban J connectivity index is 1.45. The number of nitrogens with one attached hydrogen (secondary N) is 1. The maximum Gasteiger partial charge on any atom is 0.227 e. The van der Waals surface area contributed by atoms with Gasteiger partial charge >= 0.3 is 0 Å². The molecular weight excluding hydrogens is 364 g/mol. The van der Waals surface area contributed by atoms with Crippen LogP contribution in [0.15, 0.2) is 36.8 Å². The zero-order valence-corrected chi connectivity index (χ0v) is 16.2. The largest absolute Gasteiger partial charge is 0.355 e. The lowest BCUT2D eigenvalue weighted by atomic mass is 9.95. The Bertz CT molecular complexity index is 1010. The lowest BCUT2D eigenvalue weighted by Crippen LogP contribution is -2.57. The summed E-state index contributed by atoms with van der Waals surface area (Å²) in [5, 5.41) is 3.39. The zero-order valence-electron chi connectivity index (χ0n) is 15.5. The third-order valence-corrected chi connectivity index (χ3v) is 5.14. The number of carbonyl (C=O) groups excluding carboxylic acids is 1. The minimum absolute atomic E-state index is 0.0277. The lowest BCUT2D eigenvalue weighted by molar-refractivity contribution is -0.127. The summed E-state index contributed by atoms with van der Waals surface area (Å²) in [6.45, 7) is 7.15. The molecule has 7 nitrogen and oxygen atoms in total. The van der Waals surface area contributed by atoms with E-state index in [4.69, 9.17) is 11.6 Å². The Morgan fingerprint density at radius 1 is 1.26 bits per heavy atom. The van der Waals surface area contributed by atoms with E-state index in [0.717, 1.165) is 22.7 Å². The molecule has 1 aliphatic heterocycles. The molecule has 0 saturated carbocycles. The monoisotopic (exact) mass is 384 g/mol. The molecule has 0 aliphatic carbocycles. The fourth-order valence-corrected chi connectivity index (χ4v) is 3.55. The Labute approximate surface area is 162 Å². The van der Waals surface area contributed by atoms with Crippen LogP contribution in [0.25, 0.3) is 5.65 Å². The van der Waals surface area contributed by atoms with Gasteiger partial charge in [0.05, 0.1) is 23.3 Å². The van der Waals surface area contributed by atoms with Crippen LogP contribution in [0, 0.1) is 12.8 Å². The lowest BCUT2D eigenvalue weighted by Gasteiger charge is -2.41. The number of nitrogens with zero attached hydrogens (tertiary/aromatic N) is 5. The summed E-state index contributed by atoms with van der Waals surface area (Å²) >= 11 is 5.90. The van der Waals surface area contributed by atoms with Gasteiger partial charge in [-0.15, -0.1) is 0 Å². The van der Waals surface area contributed by atoms with E-state index in [2.05, 4.69) is 20.3 Å². The van der Waals surface area contributed by atoms with E-state index in [0.29, 0.717) is 13.1 Å². The van der Waals surface area contributed by atoms with E-state index in [1.54, 1.807) is 6.20 Å². The van der Waals surface area contributed by atoms with E-state index in [9.17, 15) is 4.79 Å². The van der Waals surface area contributed by atoms with Gasteiger partial charge in [-0.2, -0.15) is 0 Å². The normalized spacial score (nSPS) is 15.0. The van der Waals surface area contributed by atoms with Gasteiger partial charge in [-0.05, 0) is 44.5 Å². The van der Waals surface area contributed by atoms with Gasteiger partial charge in [0.15, 0.2) is 0 Å². The molecule has 3 aromatic heterocycles. The smallest absolute Gasteiger partial charge is 0.227 e. The van der Waals surface area contributed by atoms with Gasteiger partial charge in [-0.1, -0.05) is 6.07 Å². The van der Waals surface area contributed by atoms with Crippen molar-refractivity contribution in [2.45, 2.75) is 26.3 Å². The van der Waals surface area contributed by atoms with Crippen LogP contribution in [0.1, 0.15) is 25.1 Å². The second-order valence-electron chi connectivity index (χ2n) is 7.43. The Morgan fingerprint density at radius 2 is 2.04 bits per heavy atom. The second-order valence-corrected chi connectivity index (χ2v) is 7.77. The Morgan fingerprint density at radius 3 is 2.81 bits per heavy atom. The van der Waals surface area contributed by atoms with Crippen molar-refractivity contribution in [2.75, 3.05) is 18.0 Å². The number of hydrogen-bond acceptors (Lipinski definition) is 5. The number of fused-ring (bicyclic) bond motifs is 1. The SMILES string of the molecule is Cc1cnc(Cl)nc1N1CC(C(=O)NC(C)(C)c2cnc3ccccn23)C1. The van der Waals surface area contributed by atoms with Crippen molar-refractivity contribution in [3.63, 3.8) is 0 Å². The number of aromatic nitrogens is 4. The number of carbonyl (C=O) groups is 1. The van der Waals surface area contributed by atoms with Gasteiger partial charge in [0, 0.05) is 31.0 Å². The van der Waals surface area contributed by atoms with Crippen LogP contribution in [0.4, 0.5) is 5.82 Å². The number of halogens is 1. The van der Waals surface area contributed by atoms with Crippen molar-refractivity contribution in [1.82, 2.24) is 24.7 Å². The number of anilines is 1. The second kappa shape index (κ2) is 6.49. The molecule has 0 unspecified atom stereocenters. The maximum atomic E-state index is 12.8. The van der Waals surface area contributed by atoms with E-state index in [-0.39, 0.29) is 17.1 Å². The molecule has 8 heteroatoms. The van der Waals surface area contributed by atoms with Crippen molar-refractivity contribution in [2.24, 2.45) is 5.92 Å². The third-order valence-electron chi connectivity index (χ3n) is 4.96. The molecule has 3 aromatic rings. The topological polar surface area (TPSA) is 75.4 Å². The van der Waals surface area contributed by atoms with Crippen LogP contribution in [-0.4, -0.2) is 38.3 Å². The molecule has 4 heterocycles. The first kappa shape index (κ1) is 17.7. The molecule has 0 aromatic carbocycles. The van der Waals surface area contributed by atoms with Crippen LogP contribution in [0.5, 0.6) is 0 Å². The average Bonchev–Trinajstić information content (AvgIpc) is 3.01. The van der Waals surface area contributed by atoms with Crippen molar-refractivity contribution >= 4 is 29.0 Å². The van der Waals surface area contributed by atoms with Crippen LogP contribution in [-0.2, 0) is 10.3 Å². The molecule has 0 radical (unpaired) electrons. The minimum Gasteiger partial charge on any atom is -0.355 e. The standard InChI is InChI=1S/C19H21ClN6O/c1-12-8-22-18(20)23-16(12)25-10-13(11-25)17(27)24-19(2,3)14-9-21-15-6-4-5-7-26(14)15/h4-9,13H,10-11H2,1-3H3,(H,24,27). The van der Waals surface area contributed by atoms with Crippen molar-refractivity contribution in [3.05, 3.63) is 53.3 Å². The summed E-state index contributed by atoms with van der Waals surface area (Å²) in [6.07, 6.45) is 5.47. The van der Waals surface area contributed by atoms with Gasteiger partial charge < -0.3 is 14.6 Å². The molecule has 0 atom stereocenters. The number of pyridine rings is 1. The average molecular weight is 385 g/mol. The zero-order chi connectivity index (χ0) is 19.2. The van der Waals surface area contributed by atoms with E-state index in [1.165, 1.54) is 0 Å². The first-order valence-corrected chi connectivity index (χ1v) is 9.21. The Kier molecular flexibility index (Phi) is 4.26. The van der Waals surface area contributed by atoms with Crippen molar-refractivity contribution in [3.8, 4) is 0 Å². The van der Waals surface area contributed by atoms with Crippen molar-refractivity contribution < 1.29 is 4.79 Å². The molecule has 0 spiro atoms. The number of rotatable bonds is 4. The summed E-state index contributed by atoms with van der Waals surface area (Å²) < 4.78 is 2.00. The minimum atomic E-state index is -0.535. The summed E-state index contributed by atoms with van der Waals surface area (Å²) in [6, 6.07) is 5.84. The number of imidazole rings is 1. The molecular formula is C19H21ClN6O. The molecule has 1 fully saturated rings. The van der Waals surface area contributed by atoms with Gasteiger partial charge in [0.2, 0.25) is 11.2 Å². The fourth-order valence-electron chi connectivity index (χ4n) is 3.42. The van der Waals surface area contributed by atoms with Crippen LogP contribution in [0.2, 0.25) is 5.28 Å². The van der Waals surface area contributed by atoms with Crippen LogP contribution in [0.3, 0.4) is 0 Å². The van der Waals surface area contributed by atoms with Crippen molar-refractivity contribution in [1.29, 1.82) is 0 Å². The van der Waals surface area contributed by atoms with E-state index >= 15 is 0 Å². The molecule has 1 saturated heterocycles. The number of hydrogen-bond donors (Lipinski definition) is 1. The highest BCUT2D eigenvalue weighted by atomic mass is 35.5. The van der Waals surface area contributed by atoms with E-state index in [1.807, 2.05) is 60.7 Å². The Hall–Kier alpha value is -2.67. The quantitative estimate of drug-likeness (QED) is 0.700. The molecule has 4 rings (SSSR count). The highest BCUT2D eigenvalue weighted by molar-refractivity contribution is 6.28. The molecule has 27 heavy (non-hydrogen) atoms. The van der Waals surface area contributed by atoms with E-state index < -0.39 is 5.54 Å². The molecule has 140 valence electrons. The van der Waals surface area contributed by atoms with Gasteiger partial charge in [0.25, 0.3) is 0 Å². The van der Waals surface area contributed by atoms with Gasteiger partial charge in [-0.25, -0.2) is 15.0 Å². The fraction of sp³-hybridized carbons (Fsp3) is 0.368. The predicted molar refractivity (Wildman–Crippen MR) is 104 cm³/mol.